The van der Waals surface area contributed by atoms with Crippen molar-refractivity contribution in [3.8, 4) is 0 Å². The number of carbonyl (C=O) groups is 1. The summed E-state index contributed by atoms with van der Waals surface area (Å²) in [6.07, 6.45) is 73.9. The first-order valence-corrected chi connectivity index (χ1v) is 30.1. The normalized spacial score (nSPS) is 14.7. The third-order valence-electron chi connectivity index (χ3n) is 12.3. The molecule has 0 aliphatic heterocycles. The summed E-state index contributed by atoms with van der Waals surface area (Å²) in [7, 11) is 1.57. The van der Waals surface area contributed by atoms with Gasteiger partial charge in [-0.05, 0) is 77.0 Å². The van der Waals surface area contributed by atoms with E-state index in [2.05, 4.69) is 104 Å². The minimum Gasteiger partial charge on any atom is -0.387 e. The van der Waals surface area contributed by atoms with Crippen LogP contribution < -0.4 is 5.32 Å². The van der Waals surface area contributed by atoms with Crippen LogP contribution in [0.3, 0.4) is 0 Å². The zero-order valence-electron chi connectivity index (χ0n) is 46.0. The maximum absolute atomic E-state index is 12.9. The largest absolute Gasteiger partial charge is 0.472 e. The van der Waals surface area contributed by atoms with Crippen LogP contribution >= 0.6 is 7.82 Å². The Morgan fingerprint density at radius 3 is 1.26 bits per heavy atom. The molecule has 70 heavy (non-hydrogen) atoms. The van der Waals surface area contributed by atoms with Crippen molar-refractivity contribution in [2.45, 2.75) is 244 Å². The van der Waals surface area contributed by atoms with Gasteiger partial charge in [0.05, 0.1) is 39.9 Å². The fourth-order valence-electron chi connectivity index (χ4n) is 7.85. The Hall–Kier alpha value is -2.58. The van der Waals surface area contributed by atoms with E-state index in [1.165, 1.54) is 128 Å². The van der Waals surface area contributed by atoms with Gasteiger partial charge in [0.25, 0.3) is 0 Å². The molecule has 0 aliphatic rings. The molecule has 0 fully saturated rings. The van der Waals surface area contributed by atoms with Gasteiger partial charge in [-0.3, -0.25) is 13.8 Å². The van der Waals surface area contributed by atoms with Crippen molar-refractivity contribution in [2.24, 2.45) is 0 Å². The molecule has 3 unspecified atom stereocenters. The number of allylic oxidation sites excluding steroid dienone is 15. The average molecular weight is 999 g/mol. The summed E-state index contributed by atoms with van der Waals surface area (Å²) in [5.74, 6) is -0.181. The van der Waals surface area contributed by atoms with Gasteiger partial charge >= 0.3 is 7.82 Å². The highest BCUT2D eigenvalue weighted by Gasteiger charge is 2.27. The molecule has 0 aromatic rings. The van der Waals surface area contributed by atoms with Gasteiger partial charge in [0.2, 0.25) is 5.91 Å². The predicted molar refractivity (Wildman–Crippen MR) is 304 cm³/mol. The highest BCUT2D eigenvalue weighted by Crippen LogP contribution is 2.43. The third kappa shape index (κ3) is 53.2. The number of hydrogen-bond acceptors (Lipinski definition) is 5. The third-order valence-corrected chi connectivity index (χ3v) is 13.3. The monoisotopic (exact) mass is 998 g/mol. The number of nitrogens with zero attached hydrogens (tertiary/aromatic N) is 1. The number of amides is 1. The van der Waals surface area contributed by atoms with Crippen molar-refractivity contribution in [3.63, 3.8) is 0 Å². The highest BCUT2D eigenvalue weighted by atomic mass is 31.2. The zero-order valence-corrected chi connectivity index (χ0v) is 46.9. The average Bonchev–Trinajstić information content (AvgIpc) is 3.32. The zero-order chi connectivity index (χ0) is 51.3. The Morgan fingerprint density at radius 1 is 0.500 bits per heavy atom. The lowest BCUT2D eigenvalue weighted by Crippen LogP contribution is -2.45. The van der Waals surface area contributed by atoms with Crippen molar-refractivity contribution < 1.29 is 32.9 Å². The summed E-state index contributed by atoms with van der Waals surface area (Å²) in [6, 6.07) is -0.847. The van der Waals surface area contributed by atoms with Crippen molar-refractivity contribution in [2.75, 3.05) is 40.9 Å². The topological polar surface area (TPSA) is 105 Å². The van der Waals surface area contributed by atoms with E-state index < -0.39 is 20.0 Å². The van der Waals surface area contributed by atoms with Crippen LogP contribution in [0.1, 0.15) is 232 Å². The van der Waals surface area contributed by atoms with Gasteiger partial charge in [-0.2, -0.15) is 0 Å². The van der Waals surface area contributed by atoms with Crippen molar-refractivity contribution in [1.29, 1.82) is 0 Å². The Balaban J connectivity index is 3.91. The Kier molecular flexibility index (Phi) is 49.4. The maximum Gasteiger partial charge on any atom is 0.472 e. The SMILES string of the molecule is CC/C=C\C/C=C\C/C=C\C/C=C\C/C=C\C/C=C\C/C=C\CCCCCCCCCCCCCCCCCCCC(=O)NC(COP(=O)(O)OCC[N+](C)(C)C)C(O)/C=C/CCCCCCCCC. The van der Waals surface area contributed by atoms with Crippen LogP contribution in [-0.4, -0.2) is 73.4 Å². The van der Waals surface area contributed by atoms with E-state index in [1.54, 1.807) is 6.08 Å². The molecule has 0 saturated carbocycles. The van der Waals surface area contributed by atoms with Crippen LogP contribution in [-0.2, 0) is 18.4 Å². The molecular formula is C61H110N2O6P+. The molecule has 0 radical (unpaired) electrons. The van der Waals surface area contributed by atoms with E-state index in [0.717, 1.165) is 83.5 Å². The van der Waals surface area contributed by atoms with Crippen LogP contribution in [0.25, 0.3) is 0 Å². The molecule has 0 heterocycles. The molecule has 0 saturated heterocycles. The van der Waals surface area contributed by atoms with E-state index in [1.807, 2.05) is 27.2 Å². The number of carbonyl (C=O) groups excluding carboxylic acids is 1. The molecule has 1 amide bonds. The molecule has 0 aromatic carbocycles. The second kappa shape index (κ2) is 51.3. The minimum absolute atomic E-state index is 0.0591. The van der Waals surface area contributed by atoms with Gasteiger partial charge in [0.1, 0.15) is 13.2 Å². The Labute approximate surface area is 432 Å². The van der Waals surface area contributed by atoms with E-state index in [4.69, 9.17) is 9.05 Å². The van der Waals surface area contributed by atoms with Crippen molar-refractivity contribution >= 4 is 13.7 Å². The summed E-state index contributed by atoms with van der Waals surface area (Å²) < 4.78 is 23.6. The number of likely N-dealkylation sites (N-methyl/N-ethyl adjacent to an activating group) is 1. The first-order valence-electron chi connectivity index (χ1n) is 28.6. The van der Waals surface area contributed by atoms with Gasteiger partial charge in [0, 0.05) is 6.42 Å². The van der Waals surface area contributed by atoms with Gasteiger partial charge in [0.15, 0.2) is 0 Å². The lowest BCUT2D eigenvalue weighted by Gasteiger charge is -2.25. The highest BCUT2D eigenvalue weighted by molar-refractivity contribution is 7.47. The minimum atomic E-state index is -4.34. The molecular weight excluding hydrogens is 888 g/mol. The Bertz CT molecular complexity index is 1460. The second-order valence-corrected chi connectivity index (χ2v) is 21.7. The summed E-state index contributed by atoms with van der Waals surface area (Å²) in [5.41, 5.74) is 0. The summed E-state index contributed by atoms with van der Waals surface area (Å²) in [4.78, 5) is 23.2. The van der Waals surface area contributed by atoms with Crippen LogP contribution in [0.2, 0.25) is 0 Å². The quantitative estimate of drug-likeness (QED) is 0.0243. The number of rotatable bonds is 51. The fraction of sp³-hybridized carbons (Fsp3) is 0.721. The number of quaternary nitrogens is 1. The molecule has 404 valence electrons. The first-order chi connectivity index (χ1) is 34.0. The van der Waals surface area contributed by atoms with Crippen molar-refractivity contribution in [1.82, 2.24) is 5.32 Å². The van der Waals surface area contributed by atoms with Gasteiger partial charge < -0.3 is 19.8 Å². The molecule has 3 atom stereocenters. The van der Waals surface area contributed by atoms with Crippen LogP contribution in [0.15, 0.2) is 97.2 Å². The van der Waals surface area contributed by atoms with E-state index in [-0.39, 0.29) is 19.1 Å². The van der Waals surface area contributed by atoms with Crippen LogP contribution in [0.5, 0.6) is 0 Å². The maximum atomic E-state index is 12.9. The number of phosphoric acid groups is 1. The molecule has 9 heteroatoms. The summed E-state index contributed by atoms with van der Waals surface area (Å²) >= 11 is 0. The van der Waals surface area contributed by atoms with E-state index >= 15 is 0 Å². The van der Waals surface area contributed by atoms with Crippen molar-refractivity contribution in [3.05, 3.63) is 97.2 Å². The number of nitrogens with one attached hydrogen (secondary N) is 1. The molecule has 0 aliphatic carbocycles. The molecule has 3 N–H and O–H groups in total. The molecule has 0 aromatic heterocycles. The summed E-state index contributed by atoms with van der Waals surface area (Å²) in [6.45, 7) is 4.66. The number of hydrogen-bond donors (Lipinski definition) is 3. The van der Waals surface area contributed by atoms with E-state index in [9.17, 15) is 19.4 Å². The standard InChI is InChI=1S/C61H109N2O6P/c1-6-8-10-12-14-16-17-18-19-20-21-22-23-24-25-26-27-28-29-30-31-32-33-34-35-36-37-38-39-40-41-42-43-44-45-47-49-51-53-55-61(65)62-59(58-69-70(66,67)68-57-56-63(3,4)5)60(64)54-52-50-48-46-15-13-11-9-7-2/h8,10,14,16,18-19,21-22,24-25,27-28,30-31,52,54,59-60,64H,6-7,9,11-13,15,17,20,23,26,29,32-51,53,55-58H2,1-5H3,(H-,62,65,66,67)/p+1/b10-8-,16-14-,19-18-,22-21-,25-24-,28-27-,31-30-,54-52+. The molecule has 0 spiro atoms. The lowest BCUT2D eigenvalue weighted by atomic mass is 10.0. The number of unbranched alkanes of at least 4 members (excludes halogenated alkanes) is 24. The molecule has 0 bridgehead atoms. The number of aliphatic hydroxyl groups is 1. The second-order valence-electron chi connectivity index (χ2n) is 20.3. The van der Waals surface area contributed by atoms with Crippen LogP contribution in [0, 0.1) is 0 Å². The number of aliphatic hydroxyl groups excluding tert-OH is 1. The van der Waals surface area contributed by atoms with Gasteiger partial charge in [-0.1, -0.05) is 246 Å². The number of phosphoric ester groups is 1. The van der Waals surface area contributed by atoms with Crippen LogP contribution in [0.4, 0.5) is 0 Å². The van der Waals surface area contributed by atoms with Gasteiger partial charge in [-0.25, -0.2) is 4.57 Å². The first kappa shape index (κ1) is 67.4. The van der Waals surface area contributed by atoms with Gasteiger partial charge in [-0.15, -0.1) is 0 Å². The lowest BCUT2D eigenvalue weighted by molar-refractivity contribution is -0.870. The molecule has 0 rings (SSSR count). The Morgan fingerprint density at radius 2 is 0.857 bits per heavy atom. The van der Waals surface area contributed by atoms with E-state index in [0.29, 0.717) is 17.4 Å². The predicted octanol–water partition coefficient (Wildman–Crippen LogP) is 17.4. The molecule has 8 nitrogen and oxygen atoms in total. The fourth-order valence-corrected chi connectivity index (χ4v) is 8.58. The summed E-state index contributed by atoms with van der Waals surface area (Å²) in [5, 5.41) is 13.8. The smallest absolute Gasteiger partial charge is 0.387 e.